The number of hydrogen-bond donors (Lipinski definition) is 2. The second kappa shape index (κ2) is 12.7. The summed E-state index contributed by atoms with van der Waals surface area (Å²) in [7, 11) is 0. The molecule has 3 amide bonds. The first-order valence-corrected chi connectivity index (χ1v) is 12.5. The van der Waals surface area contributed by atoms with Crippen LogP contribution >= 0.6 is 0 Å². The Morgan fingerprint density at radius 3 is 2.31 bits per heavy atom. The van der Waals surface area contributed by atoms with Gasteiger partial charge in [0.2, 0.25) is 5.91 Å². The molecule has 0 bridgehead atoms. The molecule has 0 aliphatic carbocycles. The third-order valence-electron chi connectivity index (χ3n) is 5.93. The van der Waals surface area contributed by atoms with Gasteiger partial charge in [0.1, 0.15) is 12.4 Å². The number of nitrogens with one attached hydrogen (secondary N) is 2. The van der Waals surface area contributed by atoms with Crippen molar-refractivity contribution in [2.45, 2.75) is 53.4 Å². The first-order valence-electron chi connectivity index (χ1n) is 12.5. The molecule has 186 valence electrons. The Balaban J connectivity index is 1.93. The average Bonchev–Trinajstić information content (AvgIpc) is 3.17. The van der Waals surface area contributed by atoms with E-state index in [0.717, 1.165) is 53.8 Å². The van der Waals surface area contributed by atoms with Crippen molar-refractivity contribution < 1.29 is 9.59 Å². The Labute approximate surface area is 208 Å². The summed E-state index contributed by atoms with van der Waals surface area (Å²) in [5, 5.41) is 10.8. The van der Waals surface area contributed by atoms with Crippen molar-refractivity contribution in [3.63, 3.8) is 0 Å². The number of anilines is 1. The van der Waals surface area contributed by atoms with Gasteiger partial charge < -0.3 is 15.5 Å². The fraction of sp³-hybridized carbons (Fsp3) is 0.393. The van der Waals surface area contributed by atoms with Crippen LogP contribution in [-0.2, 0) is 4.79 Å². The molecule has 7 heteroatoms. The van der Waals surface area contributed by atoms with Crippen LogP contribution in [0.3, 0.4) is 0 Å². The zero-order valence-corrected chi connectivity index (χ0v) is 21.3. The standard InChI is InChI=1S/C28H37N5O2/c1-5-7-18-29-28(35)32(19-8-6-2)20-25(34)30-27-26(23-15-10-9-11-16-23)22(4)31-33(27)24-17-13-12-14-21(24)3/h9-17H,5-8,18-20H2,1-4H3,(H,29,35)(H,30,34). The molecule has 0 radical (unpaired) electrons. The maximum atomic E-state index is 13.3. The maximum absolute atomic E-state index is 13.3. The fourth-order valence-electron chi connectivity index (χ4n) is 4.00. The minimum atomic E-state index is -0.251. The number of carbonyl (C=O) groups is 2. The molecule has 0 unspecified atom stereocenters. The Kier molecular flexibility index (Phi) is 9.47. The van der Waals surface area contributed by atoms with E-state index in [1.807, 2.05) is 68.4 Å². The molecular formula is C28H37N5O2. The number of aryl methyl sites for hydroxylation is 2. The molecule has 0 saturated heterocycles. The average molecular weight is 476 g/mol. The normalized spacial score (nSPS) is 10.7. The van der Waals surface area contributed by atoms with Crippen LogP contribution in [0.1, 0.15) is 50.8 Å². The number of urea groups is 1. The van der Waals surface area contributed by atoms with E-state index in [-0.39, 0.29) is 18.5 Å². The van der Waals surface area contributed by atoms with Gasteiger partial charge in [-0.2, -0.15) is 5.10 Å². The third kappa shape index (κ3) is 6.72. The highest BCUT2D eigenvalue weighted by Gasteiger charge is 2.23. The van der Waals surface area contributed by atoms with E-state index in [9.17, 15) is 9.59 Å². The van der Waals surface area contributed by atoms with Gasteiger partial charge in [0.05, 0.1) is 11.4 Å². The molecule has 2 N–H and O–H groups in total. The van der Waals surface area contributed by atoms with Crippen molar-refractivity contribution in [1.29, 1.82) is 0 Å². The molecule has 7 nitrogen and oxygen atoms in total. The number of para-hydroxylation sites is 1. The second-order valence-corrected chi connectivity index (χ2v) is 8.78. The minimum Gasteiger partial charge on any atom is -0.338 e. The van der Waals surface area contributed by atoms with Gasteiger partial charge in [0.25, 0.3) is 0 Å². The van der Waals surface area contributed by atoms with E-state index in [4.69, 9.17) is 5.10 Å². The zero-order chi connectivity index (χ0) is 25.2. The predicted octanol–water partition coefficient (Wildman–Crippen LogP) is 5.71. The fourth-order valence-corrected chi connectivity index (χ4v) is 4.00. The van der Waals surface area contributed by atoms with Crippen molar-refractivity contribution >= 4 is 17.8 Å². The van der Waals surface area contributed by atoms with Crippen molar-refractivity contribution in [3.05, 3.63) is 65.9 Å². The summed E-state index contributed by atoms with van der Waals surface area (Å²) >= 11 is 0. The van der Waals surface area contributed by atoms with E-state index in [0.29, 0.717) is 18.9 Å². The summed E-state index contributed by atoms with van der Waals surface area (Å²) in [6, 6.07) is 17.7. The third-order valence-corrected chi connectivity index (χ3v) is 5.93. The van der Waals surface area contributed by atoms with E-state index in [1.165, 1.54) is 0 Å². The smallest absolute Gasteiger partial charge is 0.317 e. The molecule has 35 heavy (non-hydrogen) atoms. The lowest BCUT2D eigenvalue weighted by Crippen LogP contribution is -2.44. The van der Waals surface area contributed by atoms with E-state index < -0.39 is 0 Å². The highest BCUT2D eigenvalue weighted by molar-refractivity contribution is 5.97. The number of aromatic nitrogens is 2. The highest BCUT2D eigenvalue weighted by atomic mass is 16.2. The molecule has 3 aromatic rings. The van der Waals surface area contributed by atoms with Gasteiger partial charge in [-0.05, 0) is 43.9 Å². The van der Waals surface area contributed by atoms with Gasteiger partial charge in [-0.15, -0.1) is 0 Å². The number of rotatable bonds is 11. The molecule has 0 atom stereocenters. The van der Waals surface area contributed by atoms with Crippen molar-refractivity contribution in [3.8, 4) is 16.8 Å². The predicted molar refractivity (Wildman–Crippen MR) is 142 cm³/mol. The summed E-state index contributed by atoms with van der Waals surface area (Å²) in [4.78, 5) is 27.7. The van der Waals surface area contributed by atoms with E-state index in [1.54, 1.807) is 9.58 Å². The summed E-state index contributed by atoms with van der Waals surface area (Å²) < 4.78 is 1.79. The molecule has 1 aromatic heterocycles. The quantitative estimate of drug-likeness (QED) is 0.349. The molecule has 0 fully saturated rings. The lowest BCUT2D eigenvalue weighted by molar-refractivity contribution is -0.116. The molecular weight excluding hydrogens is 438 g/mol. The molecule has 2 aromatic carbocycles. The van der Waals surface area contributed by atoms with Gasteiger partial charge in [-0.1, -0.05) is 75.2 Å². The van der Waals surface area contributed by atoms with Crippen molar-refractivity contribution in [1.82, 2.24) is 20.0 Å². The Morgan fingerprint density at radius 2 is 1.63 bits per heavy atom. The monoisotopic (exact) mass is 475 g/mol. The molecule has 0 spiro atoms. The summed E-state index contributed by atoms with van der Waals surface area (Å²) in [6.45, 7) is 9.24. The number of hydrogen-bond acceptors (Lipinski definition) is 3. The lowest BCUT2D eigenvalue weighted by Gasteiger charge is -2.23. The lowest BCUT2D eigenvalue weighted by atomic mass is 10.1. The summed E-state index contributed by atoms with van der Waals surface area (Å²) in [5.41, 5.74) is 4.60. The van der Waals surface area contributed by atoms with E-state index in [2.05, 4.69) is 24.5 Å². The van der Waals surface area contributed by atoms with Crippen LogP contribution in [-0.4, -0.2) is 46.3 Å². The van der Waals surface area contributed by atoms with Crippen LogP contribution in [0, 0.1) is 13.8 Å². The molecule has 0 saturated carbocycles. The Morgan fingerprint density at radius 1 is 0.943 bits per heavy atom. The zero-order valence-electron chi connectivity index (χ0n) is 21.3. The van der Waals surface area contributed by atoms with Gasteiger partial charge in [0.15, 0.2) is 0 Å². The maximum Gasteiger partial charge on any atom is 0.317 e. The van der Waals surface area contributed by atoms with Gasteiger partial charge >= 0.3 is 6.03 Å². The number of carbonyl (C=O) groups excluding carboxylic acids is 2. The topological polar surface area (TPSA) is 79.3 Å². The molecule has 1 heterocycles. The van der Waals surface area contributed by atoms with Gasteiger partial charge in [0, 0.05) is 18.7 Å². The van der Waals surface area contributed by atoms with Crippen LogP contribution in [0.5, 0.6) is 0 Å². The van der Waals surface area contributed by atoms with Gasteiger partial charge in [-0.3, -0.25) is 4.79 Å². The molecule has 3 rings (SSSR count). The minimum absolute atomic E-state index is 0.0236. The molecule has 0 aliphatic heterocycles. The second-order valence-electron chi connectivity index (χ2n) is 8.78. The summed E-state index contributed by atoms with van der Waals surface area (Å²) in [5.74, 6) is 0.355. The van der Waals surface area contributed by atoms with Crippen LogP contribution in [0.4, 0.5) is 10.6 Å². The largest absolute Gasteiger partial charge is 0.338 e. The van der Waals surface area contributed by atoms with Crippen LogP contribution in [0.25, 0.3) is 16.8 Å². The van der Waals surface area contributed by atoms with Crippen LogP contribution in [0.2, 0.25) is 0 Å². The number of unbranched alkanes of at least 4 members (excludes halogenated alkanes) is 2. The van der Waals surface area contributed by atoms with Crippen LogP contribution < -0.4 is 10.6 Å². The first kappa shape index (κ1) is 26.0. The molecule has 0 aliphatic rings. The number of amides is 3. The number of benzene rings is 2. The number of nitrogens with zero attached hydrogens (tertiary/aromatic N) is 3. The Bertz CT molecular complexity index is 1120. The van der Waals surface area contributed by atoms with E-state index >= 15 is 0 Å². The van der Waals surface area contributed by atoms with Crippen LogP contribution in [0.15, 0.2) is 54.6 Å². The highest BCUT2D eigenvalue weighted by Crippen LogP contribution is 2.34. The van der Waals surface area contributed by atoms with Crippen molar-refractivity contribution in [2.75, 3.05) is 25.0 Å². The SMILES string of the molecule is CCCCNC(=O)N(CCCC)CC(=O)Nc1c(-c2ccccc2)c(C)nn1-c1ccccc1C. The Hall–Kier alpha value is -3.61. The van der Waals surface area contributed by atoms with Gasteiger partial charge in [-0.25, -0.2) is 9.48 Å². The summed E-state index contributed by atoms with van der Waals surface area (Å²) in [6.07, 6.45) is 3.69. The first-order chi connectivity index (χ1) is 17.0. The van der Waals surface area contributed by atoms with Crippen molar-refractivity contribution in [2.24, 2.45) is 0 Å².